The molecule has 8 nitrogen and oxygen atoms in total. The van der Waals surface area contributed by atoms with E-state index < -0.39 is 0 Å². The van der Waals surface area contributed by atoms with E-state index >= 15 is 0 Å². The Bertz CT molecular complexity index is 1170. The molecule has 0 saturated carbocycles. The molecule has 0 N–H and O–H groups in total. The number of nitrogens with zero attached hydrogens (tertiary/aromatic N) is 4. The van der Waals surface area contributed by atoms with Gasteiger partial charge in [-0.15, -0.1) is 0 Å². The number of hydrogen-bond donors (Lipinski definition) is 0. The van der Waals surface area contributed by atoms with Crippen LogP contribution in [0.2, 0.25) is 0 Å². The first-order valence-electron chi connectivity index (χ1n) is 12.0. The summed E-state index contributed by atoms with van der Waals surface area (Å²) in [5.41, 5.74) is 4.09. The van der Waals surface area contributed by atoms with Crippen LogP contribution in [0.15, 0.2) is 54.7 Å². The number of amides is 1. The number of aromatic nitrogens is 2. The number of carbonyl (C=O) groups is 1. The van der Waals surface area contributed by atoms with Crippen molar-refractivity contribution in [3.8, 4) is 11.5 Å². The predicted octanol–water partition coefficient (Wildman–Crippen LogP) is 3.38. The zero-order valence-electron chi connectivity index (χ0n) is 20.0. The van der Waals surface area contributed by atoms with Crippen LogP contribution < -0.4 is 14.4 Å². The first kappa shape index (κ1) is 23.1. The van der Waals surface area contributed by atoms with Crippen LogP contribution in [0.4, 0.5) is 5.95 Å². The monoisotopic (exact) mass is 474 g/mol. The maximum atomic E-state index is 13.0. The number of ether oxygens (including phenoxy) is 3. The van der Waals surface area contributed by atoms with E-state index in [0.717, 1.165) is 41.4 Å². The Morgan fingerprint density at radius 3 is 2.66 bits per heavy atom. The van der Waals surface area contributed by atoms with Gasteiger partial charge < -0.3 is 24.0 Å². The smallest absolute Gasteiger partial charge is 0.225 e. The van der Waals surface area contributed by atoms with Crippen LogP contribution in [0.25, 0.3) is 0 Å². The molecule has 3 aromatic rings. The maximum absolute atomic E-state index is 13.0. The lowest BCUT2D eigenvalue weighted by Gasteiger charge is -2.26. The van der Waals surface area contributed by atoms with Crippen LogP contribution >= 0.6 is 0 Å². The molecule has 0 spiro atoms. The standard InChI is InChI=1S/C27H30N4O4/c1-33-24-9-7-20(15-25(24)35-19-21-5-3-2-4-6-21)8-10-26(32)31-17-22-16-28-27(29-23(22)18-31)30-11-13-34-14-12-30/h2-7,9,15-16H,8,10-14,17-19H2,1H3. The fourth-order valence-electron chi connectivity index (χ4n) is 4.37. The van der Waals surface area contributed by atoms with Crippen LogP contribution in [0, 0.1) is 0 Å². The van der Waals surface area contributed by atoms with Crippen molar-refractivity contribution in [1.29, 1.82) is 0 Å². The second kappa shape index (κ2) is 10.7. The minimum Gasteiger partial charge on any atom is -0.493 e. The summed E-state index contributed by atoms with van der Waals surface area (Å²) in [7, 11) is 1.63. The Kier molecular flexibility index (Phi) is 7.09. The second-order valence-electron chi connectivity index (χ2n) is 8.75. The molecular weight excluding hydrogens is 444 g/mol. The van der Waals surface area contributed by atoms with Crippen molar-refractivity contribution in [2.45, 2.75) is 32.5 Å². The van der Waals surface area contributed by atoms with Crippen molar-refractivity contribution in [1.82, 2.24) is 14.9 Å². The zero-order chi connectivity index (χ0) is 24.0. The van der Waals surface area contributed by atoms with Crippen LogP contribution in [0.3, 0.4) is 0 Å². The van der Waals surface area contributed by atoms with Gasteiger partial charge in [0.05, 0.1) is 32.6 Å². The molecule has 2 aliphatic rings. The van der Waals surface area contributed by atoms with Crippen LogP contribution in [-0.4, -0.2) is 54.2 Å². The maximum Gasteiger partial charge on any atom is 0.225 e. The summed E-state index contributed by atoms with van der Waals surface area (Å²) in [6.45, 7) is 4.51. The van der Waals surface area contributed by atoms with Gasteiger partial charge in [0.2, 0.25) is 11.9 Å². The minimum absolute atomic E-state index is 0.110. The van der Waals surface area contributed by atoms with Gasteiger partial charge in [-0.3, -0.25) is 4.79 Å². The van der Waals surface area contributed by atoms with Crippen LogP contribution in [-0.2, 0) is 35.6 Å². The quantitative estimate of drug-likeness (QED) is 0.495. The molecular formula is C27H30N4O4. The van der Waals surface area contributed by atoms with Gasteiger partial charge in [-0.2, -0.15) is 0 Å². The van der Waals surface area contributed by atoms with Crippen molar-refractivity contribution < 1.29 is 19.0 Å². The lowest BCUT2D eigenvalue weighted by molar-refractivity contribution is -0.131. The largest absolute Gasteiger partial charge is 0.493 e. The topological polar surface area (TPSA) is 77.0 Å². The summed E-state index contributed by atoms with van der Waals surface area (Å²) in [6, 6.07) is 15.9. The van der Waals surface area contributed by atoms with Gasteiger partial charge in [0, 0.05) is 37.8 Å². The van der Waals surface area contributed by atoms with E-state index in [1.165, 1.54) is 0 Å². The van der Waals surface area contributed by atoms with Crippen molar-refractivity contribution >= 4 is 11.9 Å². The number of benzene rings is 2. The van der Waals surface area contributed by atoms with Crippen molar-refractivity contribution in [2.24, 2.45) is 0 Å². The van der Waals surface area contributed by atoms with Gasteiger partial charge in [-0.1, -0.05) is 36.4 Å². The number of anilines is 1. The van der Waals surface area contributed by atoms with E-state index in [9.17, 15) is 4.79 Å². The fourth-order valence-corrected chi connectivity index (χ4v) is 4.37. The highest BCUT2D eigenvalue weighted by molar-refractivity contribution is 5.77. The molecule has 8 heteroatoms. The highest BCUT2D eigenvalue weighted by atomic mass is 16.5. The molecule has 182 valence electrons. The first-order chi connectivity index (χ1) is 17.2. The Balaban J connectivity index is 1.18. The van der Waals surface area contributed by atoms with E-state index in [4.69, 9.17) is 19.2 Å². The number of fused-ring (bicyclic) bond motifs is 1. The number of morpholine rings is 1. The molecule has 1 saturated heterocycles. The van der Waals surface area contributed by atoms with Gasteiger partial charge in [-0.25, -0.2) is 9.97 Å². The summed E-state index contributed by atoms with van der Waals surface area (Å²) in [5, 5.41) is 0. The molecule has 1 fully saturated rings. The van der Waals surface area contributed by atoms with E-state index in [0.29, 0.717) is 57.3 Å². The molecule has 3 heterocycles. The summed E-state index contributed by atoms with van der Waals surface area (Å²) < 4.78 is 16.9. The zero-order valence-corrected chi connectivity index (χ0v) is 20.0. The normalized spacial score (nSPS) is 15.1. The highest BCUT2D eigenvalue weighted by Gasteiger charge is 2.26. The van der Waals surface area contributed by atoms with Crippen molar-refractivity contribution in [3.05, 3.63) is 77.1 Å². The van der Waals surface area contributed by atoms with Crippen LogP contribution in [0.1, 0.15) is 28.8 Å². The van der Waals surface area contributed by atoms with Gasteiger partial charge >= 0.3 is 0 Å². The predicted molar refractivity (Wildman–Crippen MR) is 131 cm³/mol. The van der Waals surface area contributed by atoms with E-state index in [1.54, 1.807) is 7.11 Å². The molecule has 0 bridgehead atoms. The Labute approximate surface area is 205 Å². The fraction of sp³-hybridized carbons (Fsp3) is 0.370. The first-order valence-corrected chi connectivity index (χ1v) is 12.0. The Morgan fingerprint density at radius 1 is 1.03 bits per heavy atom. The average Bonchev–Trinajstić information content (AvgIpc) is 3.35. The summed E-state index contributed by atoms with van der Waals surface area (Å²) in [5.74, 6) is 2.20. The third kappa shape index (κ3) is 5.54. The SMILES string of the molecule is COc1ccc(CCC(=O)N2Cc3cnc(N4CCOCC4)nc3C2)cc1OCc1ccccc1. The van der Waals surface area contributed by atoms with E-state index in [2.05, 4.69) is 9.88 Å². The third-order valence-electron chi connectivity index (χ3n) is 6.38. The average molecular weight is 475 g/mol. The molecule has 35 heavy (non-hydrogen) atoms. The lowest BCUT2D eigenvalue weighted by Crippen LogP contribution is -2.37. The highest BCUT2D eigenvalue weighted by Crippen LogP contribution is 2.30. The number of hydrogen-bond acceptors (Lipinski definition) is 7. The molecule has 2 aliphatic heterocycles. The number of aryl methyl sites for hydroxylation is 1. The number of methoxy groups -OCH3 is 1. The molecule has 0 unspecified atom stereocenters. The Morgan fingerprint density at radius 2 is 1.86 bits per heavy atom. The van der Waals surface area contributed by atoms with Crippen molar-refractivity contribution in [3.63, 3.8) is 0 Å². The van der Waals surface area contributed by atoms with Gasteiger partial charge in [0.25, 0.3) is 0 Å². The molecule has 1 aromatic heterocycles. The van der Waals surface area contributed by atoms with E-state index in [1.807, 2.05) is 59.6 Å². The molecule has 2 aromatic carbocycles. The molecule has 1 amide bonds. The molecule has 0 aliphatic carbocycles. The van der Waals surface area contributed by atoms with Crippen molar-refractivity contribution in [2.75, 3.05) is 38.3 Å². The second-order valence-corrected chi connectivity index (χ2v) is 8.75. The van der Waals surface area contributed by atoms with Gasteiger partial charge in [0.1, 0.15) is 6.61 Å². The summed E-state index contributed by atoms with van der Waals surface area (Å²) in [4.78, 5) is 26.2. The number of rotatable bonds is 8. The molecule has 0 radical (unpaired) electrons. The number of carbonyl (C=O) groups excluding carboxylic acids is 1. The lowest BCUT2D eigenvalue weighted by atomic mass is 10.1. The summed E-state index contributed by atoms with van der Waals surface area (Å²) >= 11 is 0. The van der Waals surface area contributed by atoms with Gasteiger partial charge in [0.15, 0.2) is 11.5 Å². The molecule has 5 rings (SSSR count). The van der Waals surface area contributed by atoms with E-state index in [-0.39, 0.29) is 5.91 Å². The minimum atomic E-state index is 0.110. The summed E-state index contributed by atoms with van der Waals surface area (Å²) in [6.07, 6.45) is 2.91. The molecule has 0 atom stereocenters. The Hall–Kier alpha value is -3.65. The van der Waals surface area contributed by atoms with Gasteiger partial charge in [-0.05, 0) is 29.7 Å². The van der Waals surface area contributed by atoms with Crippen LogP contribution in [0.5, 0.6) is 11.5 Å². The third-order valence-corrected chi connectivity index (χ3v) is 6.38.